The van der Waals surface area contributed by atoms with Gasteiger partial charge in [-0.25, -0.2) is 4.98 Å². The molecule has 3 unspecified atom stereocenters. The predicted molar refractivity (Wildman–Crippen MR) is 128 cm³/mol. The standard InChI is InChI=1S/C26H32N4O5/c1-2-35-24-10-22(26(33)30-18-7-8-19(30)15-34-14-18)28-12-20(24)25(32)29-13-23(31)21-9-16-5-3-4-6-17(16)11-27-21/h3-6,10,12,18-19,21,23,27,31H,2,7-9,11,13-15H2,1H3,(H,29,32)/t18?,19?,21-,23?/m0/s1. The summed E-state index contributed by atoms with van der Waals surface area (Å²) in [5.74, 6) is -0.252. The average Bonchev–Trinajstić information content (AvgIpc) is 3.14. The average molecular weight is 481 g/mol. The number of aliphatic hydroxyl groups excluding tert-OH is 1. The second-order valence-electron chi connectivity index (χ2n) is 9.37. The smallest absolute Gasteiger partial charge is 0.273 e. The Kier molecular flexibility index (Phi) is 6.99. The third kappa shape index (κ3) is 4.89. The first-order valence-corrected chi connectivity index (χ1v) is 12.3. The summed E-state index contributed by atoms with van der Waals surface area (Å²) in [5, 5.41) is 16.8. The monoisotopic (exact) mass is 480 g/mol. The van der Waals surface area contributed by atoms with Gasteiger partial charge in [0, 0.05) is 31.4 Å². The molecule has 0 saturated carbocycles. The number of ether oxygens (including phenoxy) is 2. The van der Waals surface area contributed by atoms with Crippen molar-refractivity contribution in [2.24, 2.45) is 0 Å². The van der Waals surface area contributed by atoms with E-state index < -0.39 is 12.0 Å². The highest BCUT2D eigenvalue weighted by Crippen LogP contribution is 2.31. The van der Waals surface area contributed by atoms with Gasteiger partial charge in [0.05, 0.1) is 43.6 Å². The fourth-order valence-corrected chi connectivity index (χ4v) is 5.28. The molecule has 4 heterocycles. The van der Waals surface area contributed by atoms with Gasteiger partial charge in [-0.1, -0.05) is 24.3 Å². The van der Waals surface area contributed by atoms with E-state index >= 15 is 0 Å². The maximum atomic E-state index is 13.2. The molecule has 2 aromatic rings. The normalized spacial score (nSPS) is 23.9. The van der Waals surface area contributed by atoms with E-state index in [2.05, 4.69) is 27.8 Å². The molecule has 4 atom stereocenters. The number of fused-ring (bicyclic) bond motifs is 3. The number of carbonyl (C=O) groups excluding carboxylic acids is 2. The number of hydrogen-bond acceptors (Lipinski definition) is 7. The van der Waals surface area contributed by atoms with E-state index in [1.165, 1.54) is 17.3 Å². The van der Waals surface area contributed by atoms with E-state index in [-0.39, 0.29) is 41.8 Å². The number of aliphatic hydroxyl groups is 1. The van der Waals surface area contributed by atoms with Crippen LogP contribution in [-0.4, -0.2) is 77.4 Å². The molecular weight excluding hydrogens is 448 g/mol. The van der Waals surface area contributed by atoms with Crippen LogP contribution in [0.1, 0.15) is 51.7 Å². The Hall–Kier alpha value is -3.01. The molecular formula is C26H32N4O5. The Labute approximate surface area is 204 Å². The number of carbonyl (C=O) groups is 2. The number of morpholine rings is 1. The maximum absolute atomic E-state index is 13.2. The Bertz CT molecular complexity index is 1080. The summed E-state index contributed by atoms with van der Waals surface area (Å²) in [6.07, 6.45) is 3.18. The van der Waals surface area contributed by atoms with Crippen LogP contribution < -0.4 is 15.4 Å². The number of nitrogens with zero attached hydrogens (tertiary/aromatic N) is 2. The number of benzene rings is 1. The lowest BCUT2D eigenvalue weighted by molar-refractivity contribution is -0.00748. The highest BCUT2D eigenvalue weighted by molar-refractivity contribution is 5.99. The lowest BCUT2D eigenvalue weighted by Crippen LogP contribution is -2.49. The molecule has 0 radical (unpaired) electrons. The number of aromatic nitrogens is 1. The summed E-state index contributed by atoms with van der Waals surface area (Å²) >= 11 is 0. The zero-order chi connectivity index (χ0) is 24.4. The van der Waals surface area contributed by atoms with Gasteiger partial charge in [0.2, 0.25) is 0 Å². The first-order valence-electron chi connectivity index (χ1n) is 12.3. The molecule has 5 rings (SSSR count). The number of amides is 2. The van der Waals surface area contributed by atoms with Crippen molar-refractivity contribution in [2.75, 3.05) is 26.4 Å². The van der Waals surface area contributed by atoms with Gasteiger partial charge in [-0.05, 0) is 37.3 Å². The summed E-state index contributed by atoms with van der Waals surface area (Å²) in [6, 6.07) is 9.69. The second kappa shape index (κ2) is 10.3. The van der Waals surface area contributed by atoms with E-state index in [1.54, 1.807) is 6.07 Å². The molecule has 1 aromatic heterocycles. The third-order valence-corrected chi connectivity index (χ3v) is 7.15. The third-order valence-electron chi connectivity index (χ3n) is 7.15. The van der Waals surface area contributed by atoms with Crippen LogP contribution in [0.25, 0.3) is 0 Å². The molecule has 9 nitrogen and oxygen atoms in total. The van der Waals surface area contributed by atoms with Crippen LogP contribution in [-0.2, 0) is 17.7 Å². The predicted octanol–water partition coefficient (Wildman–Crippen LogP) is 1.29. The molecule has 0 spiro atoms. The van der Waals surface area contributed by atoms with Crippen molar-refractivity contribution in [3.05, 3.63) is 58.9 Å². The van der Waals surface area contributed by atoms with Gasteiger partial charge in [-0.15, -0.1) is 0 Å². The molecule has 2 fully saturated rings. The molecule has 2 bridgehead atoms. The van der Waals surface area contributed by atoms with E-state index in [0.29, 0.717) is 38.5 Å². The van der Waals surface area contributed by atoms with Crippen LogP contribution in [0.5, 0.6) is 5.75 Å². The second-order valence-corrected chi connectivity index (χ2v) is 9.37. The molecule has 3 aliphatic heterocycles. The number of nitrogens with one attached hydrogen (secondary N) is 2. The lowest BCUT2D eigenvalue weighted by Gasteiger charge is -2.34. The maximum Gasteiger partial charge on any atom is 0.273 e. The van der Waals surface area contributed by atoms with Gasteiger partial charge in [0.25, 0.3) is 11.8 Å². The van der Waals surface area contributed by atoms with Crippen molar-refractivity contribution in [1.82, 2.24) is 20.5 Å². The highest BCUT2D eigenvalue weighted by Gasteiger charge is 2.41. The van der Waals surface area contributed by atoms with Crippen LogP contribution in [0, 0.1) is 0 Å². The van der Waals surface area contributed by atoms with Crippen LogP contribution in [0.15, 0.2) is 36.5 Å². The molecule has 2 saturated heterocycles. The van der Waals surface area contributed by atoms with E-state index in [9.17, 15) is 14.7 Å². The van der Waals surface area contributed by atoms with Crippen molar-refractivity contribution in [3.63, 3.8) is 0 Å². The van der Waals surface area contributed by atoms with Crippen LogP contribution in [0.2, 0.25) is 0 Å². The molecule has 35 heavy (non-hydrogen) atoms. The Morgan fingerprint density at radius 3 is 2.74 bits per heavy atom. The molecule has 3 N–H and O–H groups in total. The van der Waals surface area contributed by atoms with E-state index in [4.69, 9.17) is 9.47 Å². The van der Waals surface area contributed by atoms with Crippen LogP contribution in [0.3, 0.4) is 0 Å². The van der Waals surface area contributed by atoms with E-state index in [0.717, 1.165) is 12.8 Å². The Morgan fingerprint density at radius 2 is 2.00 bits per heavy atom. The molecule has 9 heteroatoms. The fraction of sp³-hybridized carbons (Fsp3) is 0.500. The largest absolute Gasteiger partial charge is 0.493 e. The first kappa shape index (κ1) is 23.7. The zero-order valence-electron chi connectivity index (χ0n) is 19.9. The SMILES string of the molecule is CCOc1cc(C(=O)N2C3CCC2COC3)ncc1C(=O)NCC(O)[C@@H]1Cc2ccccc2CN1. The van der Waals surface area contributed by atoms with Gasteiger partial charge < -0.3 is 30.1 Å². The summed E-state index contributed by atoms with van der Waals surface area (Å²) in [6.45, 7) is 4.03. The molecule has 2 amide bonds. The fourth-order valence-electron chi connectivity index (χ4n) is 5.28. The lowest BCUT2D eigenvalue weighted by atomic mass is 9.93. The molecule has 1 aromatic carbocycles. The number of rotatable bonds is 7. The quantitative estimate of drug-likeness (QED) is 0.547. The zero-order valence-corrected chi connectivity index (χ0v) is 19.9. The summed E-state index contributed by atoms with van der Waals surface area (Å²) < 4.78 is 11.3. The number of hydrogen-bond donors (Lipinski definition) is 3. The topological polar surface area (TPSA) is 113 Å². The Balaban J connectivity index is 1.24. The summed E-state index contributed by atoms with van der Waals surface area (Å²) in [4.78, 5) is 32.3. The van der Waals surface area contributed by atoms with Gasteiger partial charge in [0.15, 0.2) is 0 Å². The van der Waals surface area contributed by atoms with Crippen molar-refractivity contribution in [1.29, 1.82) is 0 Å². The Morgan fingerprint density at radius 1 is 1.26 bits per heavy atom. The van der Waals surface area contributed by atoms with Crippen molar-refractivity contribution >= 4 is 11.8 Å². The van der Waals surface area contributed by atoms with Crippen molar-refractivity contribution in [2.45, 2.75) is 57.0 Å². The minimum Gasteiger partial charge on any atom is -0.493 e. The highest BCUT2D eigenvalue weighted by atomic mass is 16.5. The van der Waals surface area contributed by atoms with Crippen LogP contribution >= 0.6 is 0 Å². The van der Waals surface area contributed by atoms with Crippen LogP contribution in [0.4, 0.5) is 0 Å². The van der Waals surface area contributed by atoms with Crippen molar-refractivity contribution in [3.8, 4) is 5.75 Å². The summed E-state index contributed by atoms with van der Waals surface area (Å²) in [5.41, 5.74) is 2.93. The van der Waals surface area contributed by atoms with Gasteiger partial charge >= 0.3 is 0 Å². The van der Waals surface area contributed by atoms with Gasteiger partial charge in [-0.2, -0.15) is 0 Å². The first-order chi connectivity index (χ1) is 17.0. The van der Waals surface area contributed by atoms with Crippen molar-refractivity contribution < 1.29 is 24.2 Å². The minimum atomic E-state index is -0.756. The van der Waals surface area contributed by atoms with Gasteiger partial charge in [-0.3, -0.25) is 9.59 Å². The molecule has 3 aliphatic rings. The minimum absolute atomic E-state index is 0.0726. The molecule has 0 aliphatic carbocycles. The van der Waals surface area contributed by atoms with Gasteiger partial charge in [0.1, 0.15) is 11.4 Å². The summed E-state index contributed by atoms with van der Waals surface area (Å²) in [7, 11) is 0. The van der Waals surface area contributed by atoms with E-state index in [1.807, 2.05) is 24.0 Å². The molecule has 186 valence electrons. The number of pyridine rings is 1.